The van der Waals surface area contributed by atoms with Crippen LogP contribution in [0.1, 0.15) is 0 Å². The molecule has 0 saturated carbocycles. The third-order valence-corrected chi connectivity index (χ3v) is 3.20. The van der Waals surface area contributed by atoms with Crippen molar-refractivity contribution in [2.45, 2.75) is 5.16 Å². The van der Waals surface area contributed by atoms with Crippen LogP contribution in [-0.4, -0.2) is 40.6 Å². The lowest BCUT2D eigenvalue weighted by Gasteiger charge is -2.17. The Morgan fingerprint density at radius 1 is 1.56 bits per heavy atom. The third kappa shape index (κ3) is 2.40. The molecule has 0 aliphatic carbocycles. The van der Waals surface area contributed by atoms with Crippen LogP contribution >= 0.6 is 11.8 Å². The molecule has 7 heteroatoms. The molecule has 0 spiro atoms. The molecule has 5 nitrogen and oxygen atoms in total. The highest BCUT2D eigenvalue weighted by molar-refractivity contribution is 7.99. The molecule has 0 aliphatic heterocycles. The number of carboxylic acid groups (broad SMARTS) is 1. The van der Waals surface area contributed by atoms with Crippen molar-refractivity contribution >= 4 is 28.8 Å². The van der Waals surface area contributed by atoms with Gasteiger partial charge in [0, 0.05) is 20.2 Å². The fourth-order valence-corrected chi connectivity index (χ4v) is 2.42. The zero-order valence-corrected chi connectivity index (χ0v) is 10.7. The van der Waals surface area contributed by atoms with Gasteiger partial charge in [-0.05, 0) is 12.1 Å². The number of hydrogen-bond donors (Lipinski definition) is 1. The lowest BCUT2D eigenvalue weighted by molar-refractivity contribution is -0.133. The SMILES string of the molecule is CN(C)n1c(SCC(=O)O)nc2ccc(F)cc21. The smallest absolute Gasteiger partial charge is 0.313 e. The van der Waals surface area contributed by atoms with E-state index in [-0.39, 0.29) is 11.6 Å². The maximum absolute atomic E-state index is 13.2. The average Bonchev–Trinajstić information content (AvgIpc) is 2.63. The number of halogens is 1. The fourth-order valence-electron chi connectivity index (χ4n) is 1.62. The number of rotatable bonds is 4. The van der Waals surface area contributed by atoms with Gasteiger partial charge in [-0.15, -0.1) is 0 Å². The Hall–Kier alpha value is -1.76. The normalized spacial score (nSPS) is 10.8. The second-order valence-corrected chi connectivity index (χ2v) is 4.81. The van der Waals surface area contributed by atoms with Gasteiger partial charge in [0.25, 0.3) is 0 Å². The zero-order valence-electron chi connectivity index (χ0n) is 9.92. The summed E-state index contributed by atoms with van der Waals surface area (Å²) in [6.07, 6.45) is 0. The summed E-state index contributed by atoms with van der Waals surface area (Å²) in [6.45, 7) is 0. The van der Waals surface area contributed by atoms with Gasteiger partial charge in [-0.1, -0.05) is 11.8 Å². The molecule has 1 aromatic carbocycles. The van der Waals surface area contributed by atoms with Gasteiger partial charge >= 0.3 is 5.97 Å². The first-order valence-corrected chi connectivity index (χ1v) is 6.18. The van der Waals surface area contributed by atoms with E-state index in [1.807, 2.05) is 0 Å². The molecule has 0 unspecified atom stereocenters. The van der Waals surface area contributed by atoms with Gasteiger partial charge in [0.2, 0.25) is 0 Å². The lowest BCUT2D eigenvalue weighted by atomic mass is 10.3. The first-order chi connectivity index (χ1) is 8.49. The van der Waals surface area contributed by atoms with E-state index >= 15 is 0 Å². The van der Waals surface area contributed by atoms with Crippen LogP contribution in [0.15, 0.2) is 23.4 Å². The fraction of sp³-hybridized carbons (Fsp3) is 0.273. The predicted molar refractivity (Wildman–Crippen MR) is 68.1 cm³/mol. The molecule has 1 N–H and O–H groups in total. The highest BCUT2D eigenvalue weighted by Crippen LogP contribution is 2.24. The minimum Gasteiger partial charge on any atom is -0.481 e. The van der Waals surface area contributed by atoms with E-state index in [1.165, 1.54) is 12.1 Å². The molecule has 0 atom stereocenters. The molecular formula is C11H12FN3O2S. The molecule has 0 fully saturated rings. The molecule has 0 aliphatic rings. The van der Waals surface area contributed by atoms with Crippen LogP contribution in [0.3, 0.4) is 0 Å². The van der Waals surface area contributed by atoms with E-state index in [4.69, 9.17) is 5.11 Å². The van der Waals surface area contributed by atoms with Gasteiger partial charge in [0.15, 0.2) is 5.16 Å². The molecular weight excluding hydrogens is 257 g/mol. The van der Waals surface area contributed by atoms with Gasteiger partial charge in [0.05, 0.1) is 16.8 Å². The molecule has 96 valence electrons. The van der Waals surface area contributed by atoms with Crippen molar-refractivity contribution < 1.29 is 14.3 Å². The number of thioether (sulfide) groups is 1. The van der Waals surface area contributed by atoms with Crippen molar-refractivity contribution in [3.05, 3.63) is 24.0 Å². The second-order valence-electron chi connectivity index (χ2n) is 3.87. The van der Waals surface area contributed by atoms with Crippen molar-refractivity contribution in [3.8, 4) is 0 Å². The van der Waals surface area contributed by atoms with Crippen LogP contribution in [0, 0.1) is 5.82 Å². The van der Waals surface area contributed by atoms with Gasteiger partial charge in [-0.2, -0.15) is 0 Å². The van der Waals surface area contributed by atoms with Crippen LogP contribution in [0.4, 0.5) is 4.39 Å². The molecule has 2 rings (SSSR count). The van der Waals surface area contributed by atoms with Gasteiger partial charge < -0.3 is 10.1 Å². The van der Waals surface area contributed by atoms with Crippen molar-refractivity contribution in [2.75, 3.05) is 24.9 Å². The quantitative estimate of drug-likeness (QED) is 0.853. The maximum atomic E-state index is 13.2. The van der Waals surface area contributed by atoms with Crippen LogP contribution in [0.2, 0.25) is 0 Å². The lowest BCUT2D eigenvalue weighted by Crippen LogP contribution is -2.25. The highest BCUT2D eigenvalue weighted by atomic mass is 32.2. The topological polar surface area (TPSA) is 58.4 Å². The zero-order chi connectivity index (χ0) is 13.3. The summed E-state index contributed by atoms with van der Waals surface area (Å²) in [5.74, 6) is -1.34. The minimum absolute atomic E-state index is 0.0837. The Kier molecular flexibility index (Phi) is 3.42. The maximum Gasteiger partial charge on any atom is 0.313 e. The Bertz CT molecular complexity index is 597. The number of carbonyl (C=O) groups is 1. The summed E-state index contributed by atoms with van der Waals surface area (Å²) in [5, 5.41) is 11.0. The van der Waals surface area contributed by atoms with Crippen LogP contribution in [0.25, 0.3) is 11.0 Å². The van der Waals surface area contributed by atoms with Crippen molar-refractivity contribution in [3.63, 3.8) is 0 Å². The van der Waals surface area contributed by atoms with E-state index in [2.05, 4.69) is 4.98 Å². The number of aliphatic carboxylic acids is 1. The summed E-state index contributed by atoms with van der Waals surface area (Å²) < 4.78 is 14.9. The van der Waals surface area contributed by atoms with Gasteiger partial charge in [-0.25, -0.2) is 14.1 Å². The first kappa shape index (κ1) is 12.7. The second kappa shape index (κ2) is 4.85. The number of aromatic nitrogens is 2. The monoisotopic (exact) mass is 269 g/mol. The van der Waals surface area contributed by atoms with Crippen LogP contribution in [0.5, 0.6) is 0 Å². The van der Waals surface area contributed by atoms with E-state index in [9.17, 15) is 9.18 Å². The molecule has 18 heavy (non-hydrogen) atoms. The predicted octanol–water partition coefficient (Wildman–Crippen LogP) is 1.55. The number of fused-ring (bicyclic) bond motifs is 1. The van der Waals surface area contributed by atoms with Gasteiger partial charge in [-0.3, -0.25) is 4.79 Å². The molecule has 0 radical (unpaired) electrons. The molecule has 1 heterocycles. The first-order valence-electron chi connectivity index (χ1n) is 5.19. The van der Waals surface area contributed by atoms with Crippen molar-refractivity contribution in [2.24, 2.45) is 0 Å². The van der Waals surface area contributed by atoms with Crippen LogP contribution in [-0.2, 0) is 4.79 Å². The Labute approximate surface area is 107 Å². The molecule has 0 bridgehead atoms. The van der Waals surface area contributed by atoms with Gasteiger partial charge in [0.1, 0.15) is 5.82 Å². The highest BCUT2D eigenvalue weighted by Gasteiger charge is 2.14. The molecule has 0 saturated heterocycles. The average molecular weight is 269 g/mol. The largest absolute Gasteiger partial charge is 0.481 e. The van der Waals surface area contributed by atoms with Crippen molar-refractivity contribution in [1.29, 1.82) is 0 Å². The summed E-state index contributed by atoms with van der Waals surface area (Å²) in [4.78, 5) is 14.9. The van der Waals surface area contributed by atoms with E-state index in [0.29, 0.717) is 16.2 Å². The van der Waals surface area contributed by atoms with Crippen LogP contribution < -0.4 is 5.01 Å². The summed E-state index contributed by atoms with van der Waals surface area (Å²) in [5.41, 5.74) is 1.26. The van der Waals surface area contributed by atoms with E-state index in [0.717, 1.165) is 11.8 Å². The summed E-state index contributed by atoms with van der Waals surface area (Å²) in [7, 11) is 3.58. The minimum atomic E-state index is -0.913. The molecule has 0 amide bonds. The Balaban J connectivity index is 2.51. The standard InChI is InChI=1S/C11H12FN3O2S/c1-14(2)15-9-5-7(12)3-4-8(9)13-11(15)18-6-10(16)17/h3-5H,6H2,1-2H3,(H,16,17). The number of imidazole rings is 1. The molecule has 1 aromatic heterocycles. The van der Waals surface area contributed by atoms with Crippen molar-refractivity contribution in [1.82, 2.24) is 9.66 Å². The summed E-state index contributed by atoms with van der Waals surface area (Å²) >= 11 is 1.10. The molecule has 2 aromatic rings. The third-order valence-electron chi connectivity index (χ3n) is 2.29. The van der Waals surface area contributed by atoms with E-state index < -0.39 is 5.97 Å². The number of nitrogens with zero attached hydrogens (tertiary/aromatic N) is 3. The van der Waals surface area contributed by atoms with E-state index in [1.54, 1.807) is 29.8 Å². The number of benzene rings is 1. The number of hydrogen-bond acceptors (Lipinski definition) is 4. The number of carboxylic acids is 1. The summed E-state index contributed by atoms with van der Waals surface area (Å²) in [6, 6.07) is 4.30. The Morgan fingerprint density at radius 2 is 2.28 bits per heavy atom. The Morgan fingerprint density at radius 3 is 2.89 bits per heavy atom.